The van der Waals surface area contributed by atoms with Crippen LogP contribution in [0.25, 0.3) is 5.69 Å². The summed E-state index contributed by atoms with van der Waals surface area (Å²) in [5.74, 6) is 0. The second-order valence-corrected chi connectivity index (χ2v) is 2.29. The third-order valence-corrected chi connectivity index (χ3v) is 1.53. The second kappa shape index (κ2) is 5.14. The molecule has 2 aromatic rings. The number of hydrogen-bond donors (Lipinski definition) is 0. The van der Waals surface area contributed by atoms with Crippen LogP contribution in [0.2, 0.25) is 0 Å². The maximum atomic E-state index is 4.10. The van der Waals surface area contributed by atoms with Gasteiger partial charge in [0.1, 0.15) is 0 Å². The molecule has 0 aliphatic carbocycles. The van der Waals surface area contributed by atoms with E-state index in [9.17, 15) is 0 Å². The summed E-state index contributed by atoms with van der Waals surface area (Å²) in [5.41, 5.74) is 1.09. The Labute approximate surface area is 78.8 Å². The predicted octanol–water partition coefficient (Wildman–Crippen LogP) is 2.90. The van der Waals surface area contributed by atoms with Crippen LogP contribution in [0.5, 0.6) is 0 Å². The first kappa shape index (κ1) is 9.52. The SMILES string of the molecule is CC.c1ccc(-n2cccn2)cc1. The van der Waals surface area contributed by atoms with Crippen LogP contribution in [-0.2, 0) is 0 Å². The van der Waals surface area contributed by atoms with Gasteiger partial charge in [0.05, 0.1) is 5.69 Å². The summed E-state index contributed by atoms with van der Waals surface area (Å²) in [6, 6.07) is 11.9. The van der Waals surface area contributed by atoms with Crippen molar-refractivity contribution in [3.63, 3.8) is 0 Å². The van der Waals surface area contributed by atoms with E-state index in [2.05, 4.69) is 5.10 Å². The summed E-state index contributed by atoms with van der Waals surface area (Å²) < 4.78 is 1.83. The van der Waals surface area contributed by atoms with Crippen molar-refractivity contribution in [1.29, 1.82) is 0 Å². The zero-order chi connectivity index (χ0) is 9.52. The van der Waals surface area contributed by atoms with Crippen molar-refractivity contribution < 1.29 is 0 Å². The average Bonchev–Trinajstić information content (AvgIpc) is 2.75. The highest BCUT2D eigenvalue weighted by molar-refractivity contribution is 5.29. The molecule has 1 aromatic carbocycles. The lowest BCUT2D eigenvalue weighted by atomic mass is 10.3. The Balaban J connectivity index is 0.000000396. The number of benzene rings is 1. The van der Waals surface area contributed by atoms with Crippen LogP contribution < -0.4 is 0 Å². The fraction of sp³-hybridized carbons (Fsp3) is 0.182. The quantitative estimate of drug-likeness (QED) is 0.650. The molecule has 2 heteroatoms. The van der Waals surface area contributed by atoms with Gasteiger partial charge >= 0.3 is 0 Å². The predicted molar refractivity (Wildman–Crippen MR) is 54.9 cm³/mol. The summed E-state index contributed by atoms with van der Waals surface area (Å²) in [5, 5.41) is 4.10. The molecule has 0 bridgehead atoms. The van der Waals surface area contributed by atoms with Crippen molar-refractivity contribution in [2.75, 3.05) is 0 Å². The molecule has 0 saturated carbocycles. The molecule has 2 rings (SSSR count). The Morgan fingerprint density at radius 1 is 1.00 bits per heavy atom. The molecule has 0 unspecified atom stereocenters. The van der Waals surface area contributed by atoms with Gasteiger partial charge in [-0.3, -0.25) is 0 Å². The first-order valence-electron chi connectivity index (χ1n) is 4.52. The Bertz CT molecular complexity index is 311. The Hall–Kier alpha value is -1.57. The summed E-state index contributed by atoms with van der Waals surface area (Å²) in [4.78, 5) is 0. The van der Waals surface area contributed by atoms with Crippen molar-refractivity contribution in [3.05, 3.63) is 48.8 Å². The third kappa shape index (κ3) is 2.44. The lowest BCUT2D eigenvalue weighted by molar-refractivity contribution is 0.880. The topological polar surface area (TPSA) is 17.8 Å². The van der Waals surface area contributed by atoms with Crippen LogP contribution in [0, 0.1) is 0 Å². The van der Waals surface area contributed by atoms with Crippen molar-refractivity contribution in [3.8, 4) is 5.69 Å². The fourth-order valence-electron chi connectivity index (χ4n) is 1.00. The van der Waals surface area contributed by atoms with E-state index in [1.165, 1.54) is 0 Å². The lowest BCUT2D eigenvalue weighted by Gasteiger charge is -1.97. The van der Waals surface area contributed by atoms with E-state index in [1.807, 2.05) is 61.1 Å². The van der Waals surface area contributed by atoms with Crippen LogP contribution in [0.3, 0.4) is 0 Å². The number of hydrogen-bond acceptors (Lipinski definition) is 1. The van der Waals surface area contributed by atoms with E-state index in [4.69, 9.17) is 0 Å². The lowest BCUT2D eigenvalue weighted by Crippen LogP contribution is -1.91. The van der Waals surface area contributed by atoms with Gasteiger partial charge in [-0.2, -0.15) is 5.10 Å². The van der Waals surface area contributed by atoms with Gasteiger partial charge in [0, 0.05) is 12.4 Å². The molecule has 0 radical (unpaired) electrons. The maximum Gasteiger partial charge on any atom is 0.0645 e. The van der Waals surface area contributed by atoms with Gasteiger partial charge in [-0.15, -0.1) is 0 Å². The molecular formula is C11H14N2. The molecule has 0 fully saturated rings. The van der Waals surface area contributed by atoms with Gasteiger partial charge in [-0.05, 0) is 18.2 Å². The van der Waals surface area contributed by atoms with Crippen LogP contribution in [0.15, 0.2) is 48.8 Å². The molecule has 1 heterocycles. The molecule has 0 amide bonds. The minimum absolute atomic E-state index is 1.09. The molecular weight excluding hydrogens is 160 g/mol. The first-order chi connectivity index (χ1) is 6.47. The molecule has 0 spiro atoms. The fourth-order valence-corrected chi connectivity index (χ4v) is 1.00. The van der Waals surface area contributed by atoms with E-state index < -0.39 is 0 Å². The zero-order valence-corrected chi connectivity index (χ0v) is 8.01. The first-order valence-corrected chi connectivity index (χ1v) is 4.52. The Morgan fingerprint density at radius 2 is 1.69 bits per heavy atom. The van der Waals surface area contributed by atoms with Gasteiger partial charge in [0.2, 0.25) is 0 Å². The standard InChI is InChI=1S/C9H8N2.C2H6/c1-2-5-9(6-3-1)11-8-4-7-10-11;1-2/h1-8H;1-2H3. The van der Waals surface area contributed by atoms with E-state index >= 15 is 0 Å². The van der Waals surface area contributed by atoms with E-state index in [0.29, 0.717) is 0 Å². The van der Waals surface area contributed by atoms with Crippen molar-refractivity contribution >= 4 is 0 Å². The molecule has 68 valence electrons. The molecule has 0 saturated heterocycles. The minimum atomic E-state index is 1.09. The average molecular weight is 174 g/mol. The molecule has 2 nitrogen and oxygen atoms in total. The van der Waals surface area contributed by atoms with E-state index in [-0.39, 0.29) is 0 Å². The highest BCUT2D eigenvalue weighted by Crippen LogP contribution is 2.03. The molecule has 0 aliphatic heterocycles. The van der Waals surface area contributed by atoms with Crippen LogP contribution in [0.4, 0.5) is 0 Å². The smallest absolute Gasteiger partial charge is 0.0645 e. The van der Waals surface area contributed by atoms with Gasteiger partial charge in [-0.1, -0.05) is 32.0 Å². The van der Waals surface area contributed by atoms with Gasteiger partial charge in [0.25, 0.3) is 0 Å². The van der Waals surface area contributed by atoms with Crippen LogP contribution in [-0.4, -0.2) is 9.78 Å². The normalized spacial score (nSPS) is 8.77. The molecule has 13 heavy (non-hydrogen) atoms. The number of aromatic nitrogens is 2. The van der Waals surface area contributed by atoms with Crippen LogP contribution >= 0.6 is 0 Å². The Kier molecular flexibility index (Phi) is 3.76. The maximum absolute atomic E-state index is 4.10. The molecule has 0 N–H and O–H groups in total. The second-order valence-electron chi connectivity index (χ2n) is 2.29. The number of para-hydroxylation sites is 1. The summed E-state index contributed by atoms with van der Waals surface area (Å²) in [7, 11) is 0. The summed E-state index contributed by atoms with van der Waals surface area (Å²) >= 11 is 0. The summed E-state index contributed by atoms with van der Waals surface area (Å²) in [6.07, 6.45) is 3.70. The van der Waals surface area contributed by atoms with Crippen molar-refractivity contribution in [2.45, 2.75) is 13.8 Å². The molecule has 1 aromatic heterocycles. The van der Waals surface area contributed by atoms with E-state index in [0.717, 1.165) is 5.69 Å². The highest BCUT2D eigenvalue weighted by Gasteiger charge is 1.90. The van der Waals surface area contributed by atoms with Crippen LogP contribution in [0.1, 0.15) is 13.8 Å². The molecule has 0 aliphatic rings. The van der Waals surface area contributed by atoms with E-state index in [1.54, 1.807) is 6.20 Å². The number of rotatable bonds is 1. The summed E-state index contributed by atoms with van der Waals surface area (Å²) in [6.45, 7) is 4.00. The monoisotopic (exact) mass is 174 g/mol. The largest absolute Gasteiger partial charge is 0.241 e. The number of nitrogens with zero attached hydrogens (tertiary/aromatic N) is 2. The highest BCUT2D eigenvalue weighted by atomic mass is 15.3. The Morgan fingerprint density at radius 3 is 2.23 bits per heavy atom. The zero-order valence-electron chi connectivity index (χ0n) is 8.01. The molecule has 0 atom stereocenters. The minimum Gasteiger partial charge on any atom is -0.241 e. The third-order valence-electron chi connectivity index (χ3n) is 1.53. The van der Waals surface area contributed by atoms with Gasteiger partial charge in [0.15, 0.2) is 0 Å². The van der Waals surface area contributed by atoms with Crippen molar-refractivity contribution in [1.82, 2.24) is 9.78 Å². The van der Waals surface area contributed by atoms with Gasteiger partial charge < -0.3 is 0 Å². The van der Waals surface area contributed by atoms with Crippen molar-refractivity contribution in [2.24, 2.45) is 0 Å². The van der Waals surface area contributed by atoms with Gasteiger partial charge in [-0.25, -0.2) is 4.68 Å².